The lowest BCUT2D eigenvalue weighted by molar-refractivity contribution is -0.302. The molecule has 1 rings (SSSR count). The topological polar surface area (TPSA) is 149 Å². The summed E-state index contributed by atoms with van der Waals surface area (Å²) in [6.07, 6.45) is 73.9. The quantitative estimate of drug-likeness (QED) is 0.0261. The van der Waals surface area contributed by atoms with Crippen molar-refractivity contribution in [2.45, 2.75) is 346 Å². The molecule has 1 saturated heterocycles. The van der Waals surface area contributed by atoms with E-state index in [2.05, 4.69) is 92.1 Å². The minimum absolute atomic E-state index is 0.136. The van der Waals surface area contributed by atoms with Gasteiger partial charge in [0.2, 0.25) is 5.91 Å². The molecule has 0 aliphatic carbocycles. The van der Waals surface area contributed by atoms with Gasteiger partial charge in [0.05, 0.1) is 25.4 Å². The molecule has 0 aromatic carbocycles. The van der Waals surface area contributed by atoms with E-state index in [-0.39, 0.29) is 12.5 Å². The first-order chi connectivity index (χ1) is 38.3. The Morgan fingerprint density at radius 3 is 1.18 bits per heavy atom. The van der Waals surface area contributed by atoms with Gasteiger partial charge in [-0.05, 0) is 64.2 Å². The van der Waals surface area contributed by atoms with Gasteiger partial charge in [-0.1, -0.05) is 305 Å². The van der Waals surface area contributed by atoms with E-state index in [1.54, 1.807) is 0 Å². The molecule has 0 radical (unpaired) electrons. The number of aliphatic hydroxyl groups excluding tert-OH is 5. The van der Waals surface area contributed by atoms with Crippen molar-refractivity contribution in [1.82, 2.24) is 5.32 Å². The Hall–Kier alpha value is -2.37. The minimum Gasteiger partial charge on any atom is -0.394 e. The normalized spacial score (nSPS) is 19.1. The highest BCUT2D eigenvalue weighted by atomic mass is 16.7. The highest BCUT2D eigenvalue weighted by Gasteiger charge is 2.44. The van der Waals surface area contributed by atoms with E-state index in [0.29, 0.717) is 12.8 Å². The fraction of sp³-hybridized carbons (Fsp3) is 0.812. The summed E-state index contributed by atoms with van der Waals surface area (Å²) in [5, 5.41) is 54.8. The first kappa shape index (κ1) is 73.6. The monoisotopic (exact) mass is 1100 g/mol. The number of amides is 1. The highest BCUT2D eigenvalue weighted by molar-refractivity contribution is 5.76. The van der Waals surface area contributed by atoms with Gasteiger partial charge in [0.25, 0.3) is 0 Å². The number of hydrogen-bond donors (Lipinski definition) is 6. The summed E-state index contributed by atoms with van der Waals surface area (Å²) >= 11 is 0. The van der Waals surface area contributed by atoms with Crippen LogP contribution in [0.15, 0.2) is 72.9 Å². The number of ether oxygens (including phenoxy) is 2. The molecule has 1 aliphatic heterocycles. The van der Waals surface area contributed by atoms with Crippen molar-refractivity contribution in [3.8, 4) is 0 Å². The second-order valence-electron chi connectivity index (χ2n) is 22.9. The standard InChI is InChI=1S/C69H125NO8/c1-3-5-7-9-11-13-15-17-19-21-22-23-24-25-26-27-28-29-30-31-32-33-34-35-36-37-38-39-40-41-42-43-45-47-49-51-53-55-57-59-65(73)70-62(61-77-69-68(76)67(75)66(74)64(60-71)78-69)63(72)58-56-54-52-50-48-46-44-20-18-16-14-12-10-8-6-4-2/h5,7,11,13,17,19,22-23,25-26,28-29,62-64,66-69,71-72,74-76H,3-4,6,8-10,12,14-16,18,20-21,24,27,30-61H2,1-2H3,(H,70,73)/b7-5-,13-11-,19-17-,23-22-,26-25-,29-28-. The zero-order valence-corrected chi connectivity index (χ0v) is 50.7. The molecule has 1 aliphatic rings. The van der Waals surface area contributed by atoms with Crippen molar-refractivity contribution < 1.29 is 39.8 Å². The number of carbonyl (C=O) groups is 1. The van der Waals surface area contributed by atoms with Crippen LogP contribution in [0.3, 0.4) is 0 Å². The molecule has 7 atom stereocenters. The third kappa shape index (κ3) is 46.3. The summed E-state index contributed by atoms with van der Waals surface area (Å²) in [6.45, 7) is 3.75. The maximum atomic E-state index is 13.1. The van der Waals surface area contributed by atoms with E-state index in [1.165, 1.54) is 199 Å². The van der Waals surface area contributed by atoms with Crippen LogP contribution in [0.5, 0.6) is 0 Å². The Kier molecular flexibility index (Phi) is 54.6. The van der Waals surface area contributed by atoms with Gasteiger partial charge >= 0.3 is 0 Å². The lowest BCUT2D eigenvalue weighted by Crippen LogP contribution is -2.60. The van der Waals surface area contributed by atoms with Gasteiger partial charge in [-0.15, -0.1) is 0 Å². The highest BCUT2D eigenvalue weighted by Crippen LogP contribution is 2.23. The molecule has 0 aromatic rings. The maximum Gasteiger partial charge on any atom is 0.220 e. The van der Waals surface area contributed by atoms with Crippen LogP contribution in [0.4, 0.5) is 0 Å². The van der Waals surface area contributed by atoms with E-state index in [1.807, 2.05) is 0 Å². The van der Waals surface area contributed by atoms with E-state index < -0.39 is 49.5 Å². The fourth-order valence-corrected chi connectivity index (χ4v) is 10.4. The van der Waals surface area contributed by atoms with Gasteiger partial charge in [-0.2, -0.15) is 0 Å². The molecule has 1 amide bonds. The Morgan fingerprint density at radius 2 is 0.795 bits per heavy atom. The third-order valence-corrected chi connectivity index (χ3v) is 15.6. The molecule has 7 unspecified atom stereocenters. The minimum atomic E-state index is -1.55. The van der Waals surface area contributed by atoms with Gasteiger partial charge in [0.1, 0.15) is 24.4 Å². The summed E-state index contributed by atoms with van der Waals surface area (Å²) in [6, 6.07) is -0.720. The molecule has 0 saturated carbocycles. The second-order valence-corrected chi connectivity index (χ2v) is 22.9. The van der Waals surface area contributed by atoms with E-state index in [9.17, 15) is 30.3 Å². The first-order valence-corrected chi connectivity index (χ1v) is 33.1. The summed E-state index contributed by atoms with van der Waals surface area (Å²) in [5.41, 5.74) is 0. The zero-order valence-electron chi connectivity index (χ0n) is 50.7. The molecule has 0 aromatic heterocycles. The van der Waals surface area contributed by atoms with Crippen LogP contribution in [-0.4, -0.2) is 87.5 Å². The summed E-state index contributed by atoms with van der Waals surface area (Å²) in [7, 11) is 0. The number of allylic oxidation sites excluding steroid dienone is 12. The Morgan fingerprint density at radius 1 is 0.449 bits per heavy atom. The van der Waals surface area contributed by atoms with E-state index in [4.69, 9.17) is 9.47 Å². The SMILES string of the molecule is CC/C=C\C/C=C\C/C=C\C/C=C\C/C=C\C/C=C\CCCCCCCCCCCCCCCCCCCCCCC(=O)NC(COC1OC(CO)C(O)C(O)C1O)C(O)CCCCCCCCCCCCCCCCCC. The predicted octanol–water partition coefficient (Wildman–Crippen LogP) is 17.6. The largest absolute Gasteiger partial charge is 0.394 e. The number of carbonyl (C=O) groups excluding carboxylic acids is 1. The van der Waals surface area contributed by atoms with Crippen molar-refractivity contribution >= 4 is 5.91 Å². The van der Waals surface area contributed by atoms with Crippen LogP contribution in [0.1, 0.15) is 303 Å². The number of hydrogen-bond acceptors (Lipinski definition) is 8. The lowest BCUT2D eigenvalue weighted by Gasteiger charge is -2.40. The van der Waals surface area contributed by atoms with E-state index in [0.717, 1.165) is 77.0 Å². The molecule has 0 bridgehead atoms. The van der Waals surface area contributed by atoms with Gasteiger partial charge in [-0.25, -0.2) is 0 Å². The molecular formula is C69H125NO8. The van der Waals surface area contributed by atoms with Gasteiger partial charge in [0, 0.05) is 6.42 Å². The first-order valence-electron chi connectivity index (χ1n) is 33.1. The Balaban J connectivity index is 2.06. The summed E-state index contributed by atoms with van der Waals surface area (Å²) < 4.78 is 11.3. The van der Waals surface area contributed by atoms with Gasteiger partial charge in [0.15, 0.2) is 6.29 Å². The fourth-order valence-electron chi connectivity index (χ4n) is 10.4. The molecule has 454 valence electrons. The molecule has 0 spiro atoms. The molecule has 6 N–H and O–H groups in total. The van der Waals surface area contributed by atoms with E-state index >= 15 is 0 Å². The predicted molar refractivity (Wildman–Crippen MR) is 332 cm³/mol. The second kappa shape index (κ2) is 57.8. The maximum absolute atomic E-state index is 13.1. The van der Waals surface area contributed by atoms with Crippen LogP contribution in [0, 0.1) is 0 Å². The smallest absolute Gasteiger partial charge is 0.220 e. The molecule has 9 nitrogen and oxygen atoms in total. The third-order valence-electron chi connectivity index (χ3n) is 15.6. The zero-order chi connectivity index (χ0) is 56.5. The number of aliphatic hydroxyl groups is 5. The average molecular weight is 1100 g/mol. The van der Waals surface area contributed by atoms with Crippen LogP contribution < -0.4 is 5.32 Å². The summed E-state index contributed by atoms with van der Waals surface area (Å²) in [4.78, 5) is 13.1. The van der Waals surface area contributed by atoms with Crippen LogP contribution in [-0.2, 0) is 14.3 Å². The average Bonchev–Trinajstić information content (AvgIpc) is 3.45. The molecule has 1 heterocycles. The summed E-state index contributed by atoms with van der Waals surface area (Å²) in [5.74, 6) is -0.141. The number of unbranched alkanes of at least 4 members (excludes halogenated alkanes) is 35. The molecule has 78 heavy (non-hydrogen) atoms. The van der Waals surface area contributed by atoms with Gasteiger partial charge in [-0.3, -0.25) is 4.79 Å². The number of nitrogens with one attached hydrogen (secondary N) is 1. The van der Waals surface area contributed by atoms with Crippen LogP contribution in [0.2, 0.25) is 0 Å². The Bertz CT molecular complexity index is 1460. The van der Waals surface area contributed by atoms with Crippen molar-refractivity contribution in [2.75, 3.05) is 13.2 Å². The van der Waals surface area contributed by atoms with Crippen molar-refractivity contribution in [3.05, 3.63) is 72.9 Å². The van der Waals surface area contributed by atoms with Crippen molar-refractivity contribution in [3.63, 3.8) is 0 Å². The van der Waals surface area contributed by atoms with Gasteiger partial charge < -0.3 is 40.3 Å². The van der Waals surface area contributed by atoms with Crippen molar-refractivity contribution in [1.29, 1.82) is 0 Å². The molecular weight excluding hydrogens is 971 g/mol. The lowest BCUT2D eigenvalue weighted by atomic mass is 9.99. The Labute approximate surface area is 480 Å². The van der Waals surface area contributed by atoms with Crippen LogP contribution in [0.25, 0.3) is 0 Å². The number of rotatable bonds is 57. The molecule has 9 heteroatoms. The molecule has 1 fully saturated rings. The van der Waals surface area contributed by atoms with Crippen molar-refractivity contribution in [2.24, 2.45) is 0 Å². The van der Waals surface area contributed by atoms with Crippen LogP contribution >= 0.6 is 0 Å².